The van der Waals surface area contributed by atoms with E-state index in [1.807, 2.05) is 6.07 Å². The third-order valence-electron chi connectivity index (χ3n) is 3.07. The Morgan fingerprint density at radius 1 is 1.28 bits per heavy atom. The lowest BCUT2D eigenvalue weighted by molar-refractivity contribution is 0.292. The van der Waals surface area contributed by atoms with Crippen molar-refractivity contribution < 1.29 is 9.13 Å². The largest absolute Gasteiger partial charge is 0.473 e. The fourth-order valence-corrected chi connectivity index (χ4v) is 2.14. The summed E-state index contributed by atoms with van der Waals surface area (Å²) < 4.78 is 19.3. The van der Waals surface area contributed by atoms with Crippen LogP contribution in [0.3, 0.4) is 0 Å². The first-order valence-electron chi connectivity index (χ1n) is 5.56. The molecule has 0 N–H and O–H groups in total. The number of rotatable bonds is 0. The van der Waals surface area contributed by atoms with Gasteiger partial charge in [-0.25, -0.2) is 9.37 Å². The Labute approximate surface area is 103 Å². The van der Waals surface area contributed by atoms with Gasteiger partial charge in [0.25, 0.3) is 0 Å². The Morgan fingerprint density at radius 3 is 3.00 bits per heavy atom. The van der Waals surface area contributed by atoms with Gasteiger partial charge in [0.2, 0.25) is 5.88 Å². The van der Waals surface area contributed by atoms with Crippen molar-refractivity contribution in [1.29, 1.82) is 5.26 Å². The molecule has 0 radical (unpaired) electrons. The molecule has 0 saturated carbocycles. The molecule has 0 bridgehead atoms. The van der Waals surface area contributed by atoms with Crippen LogP contribution in [0.25, 0.3) is 0 Å². The summed E-state index contributed by atoms with van der Waals surface area (Å²) >= 11 is 0. The highest BCUT2D eigenvalue weighted by atomic mass is 19.1. The smallest absolute Gasteiger partial charge is 0.220 e. The molecule has 0 atom stereocenters. The summed E-state index contributed by atoms with van der Waals surface area (Å²) in [5.41, 5.74) is 2.71. The average Bonchev–Trinajstić information content (AvgIpc) is 2.59. The quantitative estimate of drug-likeness (QED) is 0.711. The molecule has 2 heterocycles. The van der Waals surface area contributed by atoms with Crippen LogP contribution in [0, 0.1) is 17.1 Å². The van der Waals surface area contributed by atoms with E-state index in [1.54, 1.807) is 12.1 Å². The Bertz CT molecular complexity index is 661. The van der Waals surface area contributed by atoms with Crippen molar-refractivity contribution in [3.8, 4) is 11.9 Å². The van der Waals surface area contributed by atoms with E-state index in [0.29, 0.717) is 30.0 Å². The molecule has 3 nitrogen and oxygen atoms in total. The molecule has 3 rings (SSSR count). The van der Waals surface area contributed by atoms with Crippen molar-refractivity contribution in [2.75, 3.05) is 0 Å². The van der Waals surface area contributed by atoms with Gasteiger partial charge < -0.3 is 4.74 Å². The molecule has 0 unspecified atom stereocenters. The zero-order valence-electron chi connectivity index (χ0n) is 9.48. The Hall–Kier alpha value is -2.41. The molecule has 0 fully saturated rings. The second-order valence-corrected chi connectivity index (χ2v) is 4.10. The van der Waals surface area contributed by atoms with Crippen LogP contribution in [0.4, 0.5) is 4.39 Å². The van der Waals surface area contributed by atoms with Gasteiger partial charge in [-0.1, -0.05) is 12.1 Å². The maximum Gasteiger partial charge on any atom is 0.220 e. The fraction of sp³-hybridized carbons (Fsp3) is 0.143. The van der Waals surface area contributed by atoms with Crippen LogP contribution in [0.2, 0.25) is 0 Å². The van der Waals surface area contributed by atoms with Gasteiger partial charge >= 0.3 is 0 Å². The molecule has 18 heavy (non-hydrogen) atoms. The molecule has 4 heteroatoms. The van der Waals surface area contributed by atoms with Gasteiger partial charge in [-0.3, -0.25) is 0 Å². The Morgan fingerprint density at radius 2 is 2.17 bits per heavy atom. The van der Waals surface area contributed by atoms with Crippen LogP contribution in [-0.2, 0) is 13.0 Å². The molecule has 88 valence electrons. The Kier molecular flexibility index (Phi) is 2.45. The summed E-state index contributed by atoms with van der Waals surface area (Å²) in [5, 5.41) is 9.10. The molecule has 1 aromatic carbocycles. The normalized spacial score (nSPS) is 12.7. The molecule has 0 saturated heterocycles. The van der Waals surface area contributed by atoms with Gasteiger partial charge in [0.1, 0.15) is 12.4 Å². The van der Waals surface area contributed by atoms with Crippen LogP contribution >= 0.6 is 0 Å². The van der Waals surface area contributed by atoms with E-state index >= 15 is 0 Å². The summed E-state index contributed by atoms with van der Waals surface area (Å²) in [4.78, 5) is 4.03. The van der Waals surface area contributed by atoms with E-state index in [4.69, 9.17) is 10.00 Å². The number of halogens is 1. The van der Waals surface area contributed by atoms with Crippen LogP contribution in [-0.4, -0.2) is 4.98 Å². The number of aromatic nitrogens is 1. The molecule has 1 aromatic heterocycles. The highest BCUT2D eigenvalue weighted by Gasteiger charge is 2.20. The molecule has 1 aliphatic heterocycles. The minimum atomic E-state index is -0.347. The molecule has 0 spiro atoms. The first-order chi connectivity index (χ1) is 8.79. The van der Waals surface area contributed by atoms with Gasteiger partial charge in [-0.2, -0.15) is 5.26 Å². The number of fused-ring (bicyclic) bond motifs is 2. The first kappa shape index (κ1) is 10.7. The van der Waals surface area contributed by atoms with Gasteiger partial charge in [0, 0.05) is 12.6 Å². The monoisotopic (exact) mass is 240 g/mol. The lowest BCUT2D eigenvalue weighted by atomic mass is 9.96. The molecule has 2 aromatic rings. The predicted octanol–water partition coefficient (Wildman–Crippen LogP) is 2.58. The second-order valence-electron chi connectivity index (χ2n) is 4.10. The predicted molar refractivity (Wildman–Crippen MR) is 62.5 cm³/mol. The highest BCUT2D eigenvalue weighted by Crippen LogP contribution is 2.29. The topological polar surface area (TPSA) is 45.9 Å². The van der Waals surface area contributed by atoms with Crippen molar-refractivity contribution in [3.05, 3.63) is 58.5 Å². The highest BCUT2D eigenvalue weighted by molar-refractivity contribution is 5.48. The van der Waals surface area contributed by atoms with E-state index < -0.39 is 0 Å². The maximum atomic E-state index is 13.8. The first-order valence-corrected chi connectivity index (χ1v) is 5.56. The summed E-state index contributed by atoms with van der Waals surface area (Å²) in [7, 11) is 0. The van der Waals surface area contributed by atoms with Gasteiger partial charge in [-0.15, -0.1) is 0 Å². The number of benzene rings is 1. The van der Waals surface area contributed by atoms with Crippen LogP contribution in [0.5, 0.6) is 5.88 Å². The van der Waals surface area contributed by atoms with Crippen molar-refractivity contribution in [3.63, 3.8) is 0 Å². The van der Waals surface area contributed by atoms with E-state index in [2.05, 4.69) is 11.1 Å². The number of nitrogens with zero attached hydrogens (tertiary/aromatic N) is 2. The second kappa shape index (κ2) is 4.11. The molecule has 0 aliphatic carbocycles. The third kappa shape index (κ3) is 1.61. The van der Waals surface area contributed by atoms with E-state index in [0.717, 1.165) is 11.1 Å². The summed E-state index contributed by atoms with van der Waals surface area (Å²) in [6, 6.07) is 8.87. The number of pyridine rings is 1. The number of hydrogen-bond donors (Lipinski definition) is 0. The lowest BCUT2D eigenvalue weighted by Crippen LogP contribution is -1.98. The Balaban J connectivity index is 2.19. The van der Waals surface area contributed by atoms with Gasteiger partial charge in [0.15, 0.2) is 0 Å². The standard InChI is InChI=1S/C14H9FN2O/c15-13-4-5-17-14-12(13)6-11-9(7-16)2-1-3-10(11)8-18-14/h1-5H,6,8H2. The van der Waals surface area contributed by atoms with Crippen molar-refractivity contribution >= 4 is 0 Å². The van der Waals surface area contributed by atoms with Crippen molar-refractivity contribution in [2.45, 2.75) is 13.0 Å². The van der Waals surface area contributed by atoms with Crippen LogP contribution < -0.4 is 4.74 Å². The molecular weight excluding hydrogens is 231 g/mol. The molecule has 1 aliphatic rings. The fourth-order valence-electron chi connectivity index (χ4n) is 2.14. The SMILES string of the molecule is N#Cc1cccc2c1Cc1c(F)ccnc1OC2. The van der Waals surface area contributed by atoms with Crippen molar-refractivity contribution in [2.24, 2.45) is 0 Å². The van der Waals surface area contributed by atoms with E-state index in [-0.39, 0.29) is 5.82 Å². The maximum absolute atomic E-state index is 13.8. The summed E-state index contributed by atoms with van der Waals surface area (Å²) in [6.45, 7) is 0.314. The molecule has 0 amide bonds. The van der Waals surface area contributed by atoms with Crippen LogP contribution in [0.15, 0.2) is 30.5 Å². The van der Waals surface area contributed by atoms with Crippen molar-refractivity contribution in [1.82, 2.24) is 4.98 Å². The van der Waals surface area contributed by atoms with Gasteiger partial charge in [-0.05, 0) is 23.3 Å². The third-order valence-corrected chi connectivity index (χ3v) is 3.07. The van der Waals surface area contributed by atoms with Gasteiger partial charge in [0.05, 0.1) is 17.2 Å². The van der Waals surface area contributed by atoms with Crippen LogP contribution in [0.1, 0.15) is 22.3 Å². The average molecular weight is 240 g/mol. The minimum Gasteiger partial charge on any atom is -0.473 e. The zero-order valence-corrected chi connectivity index (χ0v) is 9.48. The minimum absolute atomic E-state index is 0.314. The van der Waals surface area contributed by atoms with E-state index in [9.17, 15) is 4.39 Å². The summed E-state index contributed by atoms with van der Waals surface area (Å²) in [5.74, 6) is -0.0318. The lowest BCUT2D eigenvalue weighted by Gasteiger charge is -2.06. The van der Waals surface area contributed by atoms with E-state index in [1.165, 1.54) is 12.3 Å². The molecular formula is C14H9FN2O. The summed E-state index contributed by atoms with van der Waals surface area (Å²) in [6.07, 6.45) is 1.73. The number of hydrogen-bond acceptors (Lipinski definition) is 3. The number of nitriles is 1. The number of ether oxygens (including phenoxy) is 1. The zero-order chi connectivity index (χ0) is 12.5.